The maximum atomic E-state index is 10.4. The summed E-state index contributed by atoms with van der Waals surface area (Å²) in [7, 11) is 1.81. The van der Waals surface area contributed by atoms with Crippen LogP contribution in [0.2, 0.25) is 0 Å². The molecule has 1 spiro atoms. The molecule has 1 atom stereocenters. The molecule has 2 N–H and O–H groups in total. The number of rotatable bonds is 1. The van der Waals surface area contributed by atoms with Gasteiger partial charge in [-0.3, -0.25) is 4.99 Å². The molecule has 2 aromatic rings. The smallest absolute Gasteiger partial charge is 0.346 e. The predicted molar refractivity (Wildman–Crippen MR) is 116 cm³/mol. The summed E-state index contributed by atoms with van der Waals surface area (Å²) in [5.41, 5.74) is 7.64. The second-order valence-electron chi connectivity index (χ2n) is 8.06. The van der Waals surface area contributed by atoms with Gasteiger partial charge < -0.3 is 10.6 Å². The van der Waals surface area contributed by atoms with Crippen molar-refractivity contribution in [3.05, 3.63) is 71.4 Å². The number of hydrogen-bond acceptors (Lipinski definition) is 1. The monoisotopic (exact) mass is 415 g/mol. The number of aryl methyl sites for hydroxylation is 2. The van der Waals surface area contributed by atoms with Gasteiger partial charge in [-0.1, -0.05) is 48.5 Å². The Kier molecular flexibility index (Phi) is 6.25. The largest absolute Gasteiger partial charge is 0.386 e. The molecule has 0 radical (unpaired) electrons. The van der Waals surface area contributed by atoms with Gasteiger partial charge in [-0.05, 0) is 54.5 Å². The Bertz CT molecular complexity index is 956. The van der Waals surface area contributed by atoms with Gasteiger partial charge in [0, 0.05) is 26.1 Å². The number of aliphatic imine (C=N–C) groups is 1. The Morgan fingerprint density at radius 3 is 2.47 bits per heavy atom. The fourth-order valence-corrected chi connectivity index (χ4v) is 4.26. The number of nitrogens with zero attached hydrogens (tertiary/aromatic N) is 1. The lowest BCUT2D eigenvalue weighted by Crippen LogP contribution is -2.57. The van der Waals surface area contributed by atoms with E-state index in [0.717, 1.165) is 30.9 Å². The molecule has 1 fully saturated rings. The lowest BCUT2D eigenvalue weighted by Gasteiger charge is -2.45. The van der Waals surface area contributed by atoms with Crippen LogP contribution in [0.4, 0.5) is 13.2 Å². The van der Waals surface area contributed by atoms with Gasteiger partial charge in [0.15, 0.2) is 5.96 Å². The minimum absolute atomic E-state index is 0.0927. The third-order valence-electron chi connectivity index (χ3n) is 5.42. The van der Waals surface area contributed by atoms with Crippen molar-refractivity contribution in [1.29, 1.82) is 0 Å². The third kappa shape index (κ3) is 5.23. The Labute approximate surface area is 176 Å². The second kappa shape index (κ2) is 8.54. The van der Waals surface area contributed by atoms with E-state index in [-0.39, 0.29) is 12.5 Å². The lowest BCUT2D eigenvalue weighted by atomic mass is 9.72. The lowest BCUT2D eigenvalue weighted by molar-refractivity contribution is -0.110. The number of hydrogen-bond donors (Lipinski definition) is 2. The molecule has 0 aromatic heterocycles. The molecule has 0 saturated carbocycles. The molecule has 2 aliphatic rings. The molecule has 0 bridgehead atoms. The highest BCUT2D eigenvalue weighted by Crippen LogP contribution is 2.42. The molecule has 1 unspecified atom stereocenters. The summed E-state index contributed by atoms with van der Waals surface area (Å²) in [6, 6.07) is 15.7. The highest BCUT2D eigenvalue weighted by Gasteiger charge is 2.40. The van der Waals surface area contributed by atoms with Crippen LogP contribution in [0.25, 0.3) is 11.1 Å². The summed E-state index contributed by atoms with van der Waals surface area (Å²) < 4.78 is 31.1. The Balaban J connectivity index is 0.000000461. The van der Waals surface area contributed by atoms with Crippen LogP contribution in [0.5, 0.6) is 0 Å². The van der Waals surface area contributed by atoms with E-state index in [1.165, 1.54) is 34.2 Å². The van der Waals surface area contributed by atoms with Gasteiger partial charge in [0.05, 0.1) is 5.54 Å². The molecule has 1 heterocycles. The normalized spacial score (nSPS) is 21.9. The average molecular weight is 416 g/mol. The Hall–Kier alpha value is -2.76. The predicted octanol–water partition coefficient (Wildman–Crippen LogP) is 5.84. The quantitative estimate of drug-likeness (QED) is 0.613. The Morgan fingerprint density at radius 2 is 1.80 bits per heavy atom. The van der Waals surface area contributed by atoms with E-state index < -0.39 is 6.18 Å². The van der Waals surface area contributed by atoms with E-state index in [1.807, 2.05) is 7.05 Å². The molecule has 30 heavy (non-hydrogen) atoms. The van der Waals surface area contributed by atoms with Crippen molar-refractivity contribution in [2.24, 2.45) is 4.99 Å². The number of halogens is 3. The highest BCUT2D eigenvalue weighted by atomic mass is 19.4. The topological polar surface area (TPSA) is 36.4 Å². The summed E-state index contributed by atoms with van der Waals surface area (Å²) in [6.07, 6.45) is 0.340. The van der Waals surface area contributed by atoms with E-state index in [0.29, 0.717) is 0 Å². The van der Waals surface area contributed by atoms with Crippen LogP contribution in [0.1, 0.15) is 42.9 Å². The van der Waals surface area contributed by atoms with Crippen molar-refractivity contribution in [3.8, 4) is 11.1 Å². The summed E-state index contributed by atoms with van der Waals surface area (Å²) in [5, 5.41) is 6.94. The van der Waals surface area contributed by atoms with E-state index in [4.69, 9.17) is 0 Å². The standard InChI is InChI=1S/C22H25N3.C2H3F3/c1-15-6-4-7-18(12-15)19-10-9-17-8-5-11-22(20(17)13-19)14-16(2)24-21(23-3)25-22;1-2(3,4)5/h4,6-7,9-10,12-13H,2,5,8,11,14H2,1,3H3,(H2,23,24,25);1H3. The van der Waals surface area contributed by atoms with E-state index in [2.05, 4.69) is 71.6 Å². The van der Waals surface area contributed by atoms with Crippen LogP contribution < -0.4 is 10.6 Å². The van der Waals surface area contributed by atoms with Gasteiger partial charge in [0.1, 0.15) is 0 Å². The summed E-state index contributed by atoms with van der Waals surface area (Å²) in [6.45, 7) is 6.53. The van der Waals surface area contributed by atoms with Crippen LogP contribution in [-0.4, -0.2) is 19.2 Å². The molecule has 1 aliphatic carbocycles. The number of nitrogens with one attached hydrogen (secondary N) is 2. The molecule has 6 heteroatoms. The van der Waals surface area contributed by atoms with Crippen molar-refractivity contribution in [2.45, 2.75) is 51.2 Å². The highest BCUT2D eigenvalue weighted by molar-refractivity contribution is 5.84. The third-order valence-corrected chi connectivity index (χ3v) is 5.42. The molecule has 160 valence electrons. The second-order valence-corrected chi connectivity index (χ2v) is 8.06. The molecular formula is C24H28F3N3. The van der Waals surface area contributed by atoms with Crippen LogP contribution in [0, 0.1) is 6.92 Å². The van der Waals surface area contributed by atoms with Crippen molar-refractivity contribution in [3.63, 3.8) is 0 Å². The SMILES string of the molecule is C=C1CC2(CCCc3ccc(-c4cccc(C)c4)cc32)NC(=NC)N1.CC(F)(F)F. The summed E-state index contributed by atoms with van der Waals surface area (Å²) >= 11 is 0. The van der Waals surface area contributed by atoms with E-state index in [1.54, 1.807) is 0 Å². The van der Waals surface area contributed by atoms with Crippen molar-refractivity contribution >= 4 is 5.96 Å². The first-order chi connectivity index (χ1) is 14.1. The zero-order valence-corrected chi connectivity index (χ0v) is 17.7. The molecule has 2 aromatic carbocycles. The molecule has 3 nitrogen and oxygen atoms in total. The molecule has 0 amide bonds. The molecule has 1 saturated heterocycles. The van der Waals surface area contributed by atoms with Crippen molar-refractivity contribution in [1.82, 2.24) is 10.6 Å². The number of alkyl halides is 3. The van der Waals surface area contributed by atoms with Crippen LogP contribution in [0.15, 0.2) is 59.7 Å². The minimum Gasteiger partial charge on any atom is -0.346 e. The minimum atomic E-state index is -4.00. The van der Waals surface area contributed by atoms with Crippen molar-refractivity contribution in [2.75, 3.05) is 7.05 Å². The summed E-state index contributed by atoms with van der Waals surface area (Å²) in [5.74, 6) is 0.824. The Morgan fingerprint density at radius 1 is 1.10 bits per heavy atom. The van der Waals surface area contributed by atoms with E-state index >= 15 is 0 Å². The van der Waals surface area contributed by atoms with Gasteiger partial charge in [-0.25, -0.2) is 0 Å². The van der Waals surface area contributed by atoms with Gasteiger partial charge >= 0.3 is 6.18 Å². The summed E-state index contributed by atoms with van der Waals surface area (Å²) in [4.78, 5) is 4.35. The number of guanidine groups is 1. The first-order valence-electron chi connectivity index (χ1n) is 10.1. The zero-order valence-electron chi connectivity index (χ0n) is 17.7. The molecular weight excluding hydrogens is 387 g/mol. The van der Waals surface area contributed by atoms with E-state index in [9.17, 15) is 13.2 Å². The van der Waals surface area contributed by atoms with Gasteiger partial charge in [-0.2, -0.15) is 13.2 Å². The number of benzene rings is 2. The fourth-order valence-electron chi connectivity index (χ4n) is 4.26. The average Bonchev–Trinajstić information content (AvgIpc) is 2.66. The fraction of sp³-hybridized carbons (Fsp3) is 0.375. The van der Waals surface area contributed by atoms with Gasteiger partial charge in [-0.15, -0.1) is 0 Å². The van der Waals surface area contributed by atoms with Gasteiger partial charge in [0.2, 0.25) is 0 Å². The van der Waals surface area contributed by atoms with Crippen LogP contribution in [0.3, 0.4) is 0 Å². The van der Waals surface area contributed by atoms with Gasteiger partial charge in [0.25, 0.3) is 0 Å². The maximum Gasteiger partial charge on any atom is 0.386 e. The van der Waals surface area contributed by atoms with Crippen LogP contribution in [-0.2, 0) is 12.0 Å². The van der Waals surface area contributed by atoms with Crippen LogP contribution >= 0.6 is 0 Å². The zero-order chi connectivity index (χ0) is 21.9. The maximum absolute atomic E-state index is 10.4. The molecule has 1 aliphatic heterocycles. The first kappa shape index (κ1) is 21.9. The number of fused-ring (bicyclic) bond motifs is 2. The first-order valence-corrected chi connectivity index (χ1v) is 10.1. The van der Waals surface area contributed by atoms with Crippen molar-refractivity contribution < 1.29 is 13.2 Å². The molecule has 4 rings (SSSR count).